The summed E-state index contributed by atoms with van der Waals surface area (Å²) in [6, 6.07) is 14.0. The number of aromatic nitrogens is 2. The fourth-order valence-electron chi connectivity index (χ4n) is 4.09. The van der Waals surface area contributed by atoms with Gasteiger partial charge in [-0.25, -0.2) is 4.98 Å². The van der Waals surface area contributed by atoms with Crippen LogP contribution in [0.15, 0.2) is 46.9 Å². The number of hydrogen-bond donors (Lipinski definition) is 1. The van der Waals surface area contributed by atoms with Crippen LogP contribution in [0.1, 0.15) is 46.4 Å². The summed E-state index contributed by atoms with van der Waals surface area (Å²) >= 11 is 0. The Bertz CT molecular complexity index is 1140. The fraction of sp³-hybridized carbons (Fsp3) is 0.273. The van der Waals surface area contributed by atoms with E-state index < -0.39 is 0 Å². The van der Waals surface area contributed by atoms with E-state index in [9.17, 15) is 4.79 Å². The van der Waals surface area contributed by atoms with E-state index in [2.05, 4.69) is 4.98 Å². The Kier molecular flexibility index (Phi) is 3.57. The molecule has 0 radical (unpaired) electrons. The highest BCUT2D eigenvalue weighted by Crippen LogP contribution is 2.35. The van der Waals surface area contributed by atoms with Crippen LogP contribution in [0.25, 0.3) is 22.0 Å². The molecule has 5 heteroatoms. The van der Waals surface area contributed by atoms with Gasteiger partial charge in [0.05, 0.1) is 17.1 Å². The third-order valence-corrected chi connectivity index (χ3v) is 5.52. The first-order chi connectivity index (χ1) is 13.1. The van der Waals surface area contributed by atoms with Crippen LogP contribution < -0.4 is 0 Å². The number of furan rings is 1. The van der Waals surface area contributed by atoms with E-state index in [1.54, 1.807) is 0 Å². The monoisotopic (exact) mass is 359 g/mol. The summed E-state index contributed by atoms with van der Waals surface area (Å²) in [5, 5.41) is 1.00. The SMILES string of the molecule is Cc1ccc2c(C)c(C(=O)N3CCC[C@H]3c3nc4ccccc4[nH]3)oc2c1. The van der Waals surface area contributed by atoms with Crippen LogP contribution in [0, 0.1) is 13.8 Å². The van der Waals surface area contributed by atoms with Crippen LogP contribution in [-0.4, -0.2) is 27.3 Å². The van der Waals surface area contributed by atoms with Gasteiger partial charge in [0.15, 0.2) is 5.76 Å². The first kappa shape index (κ1) is 16.1. The molecule has 5 rings (SSSR count). The molecule has 0 spiro atoms. The minimum absolute atomic E-state index is 0.0424. The van der Waals surface area contributed by atoms with Gasteiger partial charge in [-0.2, -0.15) is 0 Å². The van der Waals surface area contributed by atoms with Crippen LogP contribution in [0.3, 0.4) is 0 Å². The van der Waals surface area contributed by atoms with Gasteiger partial charge >= 0.3 is 0 Å². The predicted octanol–water partition coefficient (Wildman–Crippen LogP) is 4.90. The number of carbonyl (C=O) groups is 1. The molecule has 1 saturated heterocycles. The highest BCUT2D eigenvalue weighted by Gasteiger charge is 2.35. The van der Waals surface area contributed by atoms with Crippen LogP contribution in [-0.2, 0) is 0 Å². The second-order valence-corrected chi connectivity index (χ2v) is 7.35. The molecule has 1 fully saturated rings. The van der Waals surface area contributed by atoms with Gasteiger partial charge in [0, 0.05) is 17.5 Å². The number of likely N-dealkylation sites (tertiary alicyclic amines) is 1. The van der Waals surface area contributed by atoms with Crippen molar-refractivity contribution in [2.75, 3.05) is 6.54 Å². The van der Waals surface area contributed by atoms with Gasteiger partial charge in [0.1, 0.15) is 11.4 Å². The van der Waals surface area contributed by atoms with Crippen molar-refractivity contribution in [2.45, 2.75) is 32.7 Å². The Morgan fingerprint density at radius 2 is 2.07 bits per heavy atom. The summed E-state index contributed by atoms with van der Waals surface area (Å²) in [4.78, 5) is 23.3. The summed E-state index contributed by atoms with van der Waals surface area (Å²) in [6.07, 6.45) is 1.87. The number of nitrogens with one attached hydrogen (secondary N) is 1. The molecule has 136 valence electrons. The molecule has 2 aromatic heterocycles. The molecule has 5 nitrogen and oxygen atoms in total. The fourth-order valence-corrected chi connectivity index (χ4v) is 4.09. The lowest BCUT2D eigenvalue weighted by molar-refractivity contribution is 0.0699. The lowest BCUT2D eigenvalue weighted by atomic mass is 10.1. The number of carbonyl (C=O) groups excluding carboxylic acids is 1. The number of para-hydroxylation sites is 2. The summed E-state index contributed by atoms with van der Waals surface area (Å²) in [5.41, 5.74) is 4.74. The molecule has 0 unspecified atom stereocenters. The molecule has 0 saturated carbocycles. The Balaban J connectivity index is 1.53. The Hall–Kier alpha value is -3.08. The van der Waals surface area contributed by atoms with Gasteiger partial charge in [-0.05, 0) is 50.5 Å². The zero-order valence-electron chi connectivity index (χ0n) is 15.5. The second kappa shape index (κ2) is 5.98. The van der Waals surface area contributed by atoms with Crippen LogP contribution in [0.4, 0.5) is 0 Å². The number of nitrogens with zero attached hydrogens (tertiary/aromatic N) is 2. The molecular formula is C22H21N3O2. The van der Waals surface area contributed by atoms with Crippen molar-refractivity contribution in [1.29, 1.82) is 0 Å². The summed E-state index contributed by atoms with van der Waals surface area (Å²) in [7, 11) is 0. The van der Waals surface area contributed by atoms with E-state index in [-0.39, 0.29) is 11.9 Å². The van der Waals surface area contributed by atoms with Crippen molar-refractivity contribution >= 4 is 27.9 Å². The number of fused-ring (bicyclic) bond motifs is 2. The van der Waals surface area contributed by atoms with Crippen LogP contribution in [0.5, 0.6) is 0 Å². The van der Waals surface area contributed by atoms with Crippen LogP contribution in [0.2, 0.25) is 0 Å². The second-order valence-electron chi connectivity index (χ2n) is 7.35. The molecule has 0 aliphatic carbocycles. The maximum absolute atomic E-state index is 13.3. The predicted molar refractivity (Wildman–Crippen MR) is 105 cm³/mol. The lowest BCUT2D eigenvalue weighted by Crippen LogP contribution is -2.31. The molecule has 1 N–H and O–H groups in total. The van der Waals surface area contributed by atoms with E-state index in [0.29, 0.717) is 5.76 Å². The number of amides is 1. The highest BCUT2D eigenvalue weighted by molar-refractivity contribution is 5.99. The average molecular weight is 359 g/mol. The molecule has 1 amide bonds. The smallest absolute Gasteiger partial charge is 0.290 e. The number of aromatic amines is 1. The number of aryl methyl sites for hydroxylation is 2. The zero-order valence-corrected chi connectivity index (χ0v) is 15.5. The number of benzene rings is 2. The van der Waals surface area contributed by atoms with Gasteiger partial charge in [0.2, 0.25) is 0 Å². The van der Waals surface area contributed by atoms with E-state index in [1.165, 1.54) is 0 Å². The number of H-pyrrole nitrogens is 1. The minimum atomic E-state index is -0.0516. The quantitative estimate of drug-likeness (QED) is 0.553. The molecule has 0 bridgehead atoms. The van der Waals surface area contributed by atoms with E-state index in [4.69, 9.17) is 9.40 Å². The molecule has 1 aliphatic heterocycles. The zero-order chi connectivity index (χ0) is 18.5. The molecule has 2 aromatic carbocycles. The van der Waals surface area contributed by atoms with Gasteiger partial charge < -0.3 is 14.3 Å². The summed E-state index contributed by atoms with van der Waals surface area (Å²) in [5.74, 6) is 1.24. The van der Waals surface area contributed by atoms with Gasteiger partial charge in [-0.3, -0.25) is 4.79 Å². The topological polar surface area (TPSA) is 62.1 Å². The Morgan fingerprint density at radius 1 is 1.22 bits per heavy atom. The molecule has 27 heavy (non-hydrogen) atoms. The lowest BCUT2D eigenvalue weighted by Gasteiger charge is -2.22. The number of rotatable bonds is 2. The third-order valence-electron chi connectivity index (χ3n) is 5.52. The van der Waals surface area contributed by atoms with E-state index in [1.807, 2.05) is 61.2 Å². The first-order valence-corrected chi connectivity index (χ1v) is 9.37. The molecular weight excluding hydrogens is 338 g/mol. The highest BCUT2D eigenvalue weighted by atomic mass is 16.3. The van der Waals surface area contributed by atoms with Gasteiger partial charge in [0.25, 0.3) is 5.91 Å². The molecule has 3 heterocycles. The van der Waals surface area contributed by atoms with Crippen molar-refractivity contribution in [1.82, 2.24) is 14.9 Å². The molecule has 4 aromatic rings. The summed E-state index contributed by atoms with van der Waals surface area (Å²) in [6.45, 7) is 4.70. The Morgan fingerprint density at radius 3 is 2.93 bits per heavy atom. The van der Waals surface area contributed by atoms with Crippen molar-refractivity contribution < 1.29 is 9.21 Å². The number of imidazole rings is 1. The first-order valence-electron chi connectivity index (χ1n) is 9.37. The number of hydrogen-bond acceptors (Lipinski definition) is 3. The maximum atomic E-state index is 13.3. The third kappa shape index (κ3) is 2.53. The van der Waals surface area contributed by atoms with E-state index in [0.717, 1.165) is 58.3 Å². The standard InChI is InChI=1S/C22H21N3O2/c1-13-9-10-15-14(2)20(27-19(15)12-13)22(26)25-11-5-8-18(25)21-23-16-6-3-4-7-17(16)24-21/h3-4,6-7,9-10,12,18H,5,8,11H2,1-2H3,(H,23,24)/t18-/m0/s1. The molecule has 1 aliphatic rings. The summed E-state index contributed by atoms with van der Waals surface area (Å²) < 4.78 is 5.98. The normalized spacial score (nSPS) is 17.3. The van der Waals surface area contributed by atoms with Gasteiger partial charge in [-0.1, -0.05) is 24.3 Å². The van der Waals surface area contributed by atoms with Crippen molar-refractivity contribution in [3.63, 3.8) is 0 Å². The maximum Gasteiger partial charge on any atom is 0.290 e. The Labute approximate surface area is 157 Å². The van der Waals surface area contributed by atoms with Crippen molar-refractivity contribution in [3.8, 4) is 0 Å². The molecule has 1 atom stereocenters. The van der Waals surface area contributed by atoms with Crippen molar-refractivity contribution in [3.05, 3.63) is 65.2 Å². The van der Waals surface area contributed by atoms with Crippen LogP contribution >= 0.6 is 0 Å². The van der Waals surface area contributed by atoms with E-state index >= 15 is 0 Å². The largest absolute Gasteiger partial charge is 0.451 e. The van der Waals surface area contributed by atoms with Gasteiger partial charge in [-0.15, -0.1) is 0 Å². The van der Waals surface area contributed by atoms with Crippen molar-refractivity contribution in [2.24, 2.45) is 0 Å². The minimum Gasteiger partial charge on any atom is -0.451 e. The average Bonchev–Trinajstić information content (AvgIpc) is 3.37.